The second kappa shape index (κ2) is 5.79. The first-order chi connectivity index (χ1) is 9.82. The number of hydrazine groups is 1. The number of pyridine rings is 1. The molecule has 1 heterocycles. The van der Waals surface area contributed by atoms with Crippen molar-refractivity contribution < 1.29 is 17.6 Å². The normalized spacial score (nSPS) is 13.2. The zero-order chi connectivity index (χ0) is 15.6. The standard InChI is InChI=1S/C14H13F4N3/c1-8-4-10(14(16,17)18)2-3-12(8)13(21-19)9-5-11(15)7-20-6-9/h2-7,13,21H,19H2,1H3. The van der Waals surface area contributed by atoms with Crippen molar-refractivity contribution in [3.63, 3.8) is 0 Å². The Balaban J connectivity index is 2.44. The number of nitrogens with two attached hydrogens (primary N) is 1. The van der Waals surface area contributed by atoms with Crippen LogP contribution < -0.4 is 11.3 Å². The van der Waals surface area contributed by atoms with Crippen LogP contribution in [0.4, 0.5) is 17.6 Å². The van der Waals surface area contributed by atoms with Gasteiger partial charge in [-0.05, 0) is 41.8 Å². The Morgan fingerprint density at radius 2 is 1.90 bits per heavy atom. The summed E-state index contributed by atoms with van der Waals surface area (Å²) in [4.78, 5) is 3.71. The summed E-state index contributed by atoms with van der Waals surface area (Å²) >= 11 is 0. The highest BCUT2D eigenvalue weighted by atomic mass is 19.4. The molecule has 0 saturated heterocycles. The summed E-state index contributed by atoms with van der Waals surface area (Å²) in [5.41, 5.74) is 3.09. The van der Waals surface area contributed by atoms with E-state index in [1.54, 1.807) is 6.92 Å². The lowest BCUT2D eigenvalue weighted by atomic mass is 9.95. The Kier molecular flexibility index (Phi) is 4.24. The van der Waals surface area contributed by atoms with E-state index in [1.165, 1.54) is 18.3 Å². The maximum absolute atomic E-state index is 13.2. The van der Waals surface area contributed by atoms with Gasteiger partial charge in [0.15, 0.2) is 0 Å². The fraction of sp³-hybridized carbons (Fsp3) is 0.214. The van der Waals surface area contributed by atoms with Crippen molar-refractivity contribution in [2.24, 2.45) is 5.84 Å². The molecule has 0 bridgehead atoms. The number of benzene rings is 1. The highest BCUT2D eigenvalue weighted by Crippen LogP contribution is 2.32. The molecular weight excluding hydrogens is 286 g/mol. The topological polar surface area (TPSA) is 50.9 Å². The Morgan fingerprint density at radius 1 is 1.19 bits per heavy atom. The van der Waals surface area contributed by atoms with Gasteiger partial charge in [0.1, 0.15) is 5.82 Å². The molecule has 0 spiro atoms. The Hall–Kier alpha value is -1.99. The van der Waals surface area contributed by atoms with Crippen molar-refractivity contribution in [1.29, 1.82) is 0 Å². The van der Waals surface area contributed by atoms with Crippen molar-refractivity contribution in [2.45, 2.75) is 19.1 Å². The predicted octanol–water partition coefficient (Wildman–Crippen LogP) is 3.10. The van der Waals surface area contributed by atoms with Gasteiger partial charge in [-0.1, -0.05) is 6.07 Å². The van der Waals surface area contributed by atoms with Crippen molar-refractivity contribution in [3.05, 3.63) is 64.7 Å². The Morgan fingerprint density at radius 3 is 2.43 bits per heavy atom. The van der Waals surface area contributed by atoms with Gasteiger partial charge in [0, 0.05) is 6.20 Å². The molecule has 0 aliphatic carbocycles. The number of aromatic nitrogens is 1. The average Bonchev–Trinajstić information content (AvgIpc) is 2.40. The molecule has 1 aromatic heterocycles. The summed E-state index contributed by atoms with van der Waals surface area (Å²) in [5, 5.41) is 0. The van der Waals surface area contributed by atoms with Gasteiger partial charge < -0.3 is 0 Å². The Bertz CT molecular complexity index is 640. The van der Waals surface area contributed by atoms with Gasteiger partial charge in [-0.25, -0.2) is 9.82 Å². The van der Waals surface area contributed by atoms with E-state index in [4.69, 9.17) is 5.84 Å². The van der Waals surface area contributed by atoms with E-state index in [2.05, 4.69) is 10.4 Å². The van der Waals surface area contributed by atoms with E-state index < -0.39 is 23.6 Å². The van der Waals surface area contributed by atoms with Crippen LogP contribution in [0.15, 0.2) is 36.7 Å². The number of rotatable bonds is 3. The summed E-state index contributed by atoms with van der Waals surface area (Å²) in [6.45, 7) is 1.54. The molecule has 1 unspecified atom stereocenters. The van der Waals surface area contributed by atoms with Gasteiger partial charge >= 0.3 is 6.18 Å². The molecule has 0 radical (unpaired) electrons. The van der Waals surface area contributed by atoms with Crippen LogP contribution in [0.2, 0.25) is 0 Å². The van der Waals surface area contributed by atoms with Crippen LogP contribution in [-0.4, -0.2) is 4.98 Å². The zero-order valence-corrected chi connectivity index (χ0v) is 11.1. The lowest BCUT2D eigenvalue weighted by Gasteiger charge is -2.20. The van der Waals surface area contributed by atoms with Gasteiger partial charge in [0.2, 0.25) is 0 Å². The van der Waals surface area contributed by atoms with Crippen molar-refractivity contribution >= 4 is 0 Å². The molecular formula is C14H13F4N3. The van der Waals surface area contributed by atoms with Gasteiger partial charge in [0.25, 0.3) is 0 Å². The largest absolute Gasteiger partial charge is 0.416 e. The van der Waals surface area contributed by atoms with Crippen LogP contribution in [0.1, 0.15) is 28.3 Å². The third-order valence-corrected chi connectivity index (χ3v) is 3.13. The van der Waals surface area contributed by atoms with Crippen LogP contribution in [0.5, 0.6) is 0 Å². The molecule has 3 nitrogen and oxygen atoms in total. The summed E-state index contributed by atoms with van der Waals surface area (Å²) in [6.07, 6.45) is -1.96. The SMILES string of the molecule is Cc1cc(C(F)(F)F)ccc1C(NN)c1cncc(F)c1. The third kappa shape index (κ3) is 3.37. The fourth-order valence-corrected chi connectivity index (χ4v) is 2.13. The van der Waals surface area contributed by atoms with E-state index in [0.29, 0.717) is 16.7 Å². The molecule has 2 rings (SSSR count). The number of hydrogen-bond donors (Lipinski definition) is 2. The summed E-state index contributed by atoms with van der Waals surface area (Å²) in [5.74, 6) is 4.91. The summed E-state index contributed by atoms with van der Waals surface area (Å²) in [6, 6.07) is 3.92. The molecule has 1 aromatic carbocycles. The van der Waals surface area contributed by atoms with E-state index in [1.807, 2.05) is 0 Å². The smallest absolute Gasteiger partial charge is 0.271 e. The average molecular weight is 299 g/mol. The number of alkyl halides is 3. The second-order valence-electron chi connectivity index (χ2n) is 4.61. The molecule has 112 valence electrons. The minimum absolute atomic E-state index is 0.400. The zero-order valence-electron chi connectivity index (χ0n) is 11.1. The molecule has 0 aliphatic rings. The van der Waals surface area contributed by atoms with E-state index in [-0.39, 0.29) is 0 Å². The summed E-state index contributed by atoms with van der Waals surface area (Å²) in [7, 11) is 0. The number of hydrogen-bond acceptors (Lipinski definition) is 3. The predicted molar refractivity (Wildman–Crippen MR) is 69.5 cm³/mol. The quantitative estimate of drug-likeness (QED) is 0.520. The fourth-order valence-electron chi connectivity index (χ4n) is 2.13. The molecule has 0 saturated carbocycles. The molecule has 0 aliphatic heterocycles. The van der Waals surface area contributed by atoms with Crippen LogP contribution >= 0.6 is 0 Å². The molecule has 3 N–H and O–H groups in total. The van der Waals surface area contributed by atoms with Gasteiger partial charge in [-0.3, -0.25) is 10.8 Å². The molecule has 21 heavy (non-hydrogen) atoms. The minimum Gasteiger partial charge on any atom is -0.271 e. The first kappa shape index (κ1) is 15.4. The number of nitrogens with one attached hydrogen (secondary N) is 1. The maximum Gasteiger partial charge on any atom is 0.416 e. The van der Waals surface area contributed by atoms with Crippen LogP contribution in [0.25, 0.3) is 0 Å². The van der Waals surface area contributed by atoms with Crippen molar-refractivity contribution in [1.82, 2.24) is 10.4 Å². The van der Waals surface area contributed by atoms with E-state index in [9.17, 15) is 17.6 Å². The Labute approximate surface area is 118 Å². The molecule has 1 atom stereocenters. The highest BCUT2D eigenvalue weighted by molar-refractivity contribution is 5.39. The molecule has 0 fully saturated rings. The minimum atomic E-state index is -4.41. The van der Waals surface area contributed by atoms with E-state index >= 15 is 0 Å². The molecule has 0 amide bonds. The number of aryl methyl sites for hydroxylation is 1. The lowest BCUT2D eigenvalue weighted by molar-refractivity contribution is -0.137. The molecule has 2 aromatic rings. The van der Waals surface area contributed by atoms with Gasteiger partial charge in [0.05, 0.1) is 17.8 Å². The van der Waals surface area contributed by atoms with Gasteiger partial charge in [-0.2, -0.15) is 13.2 Å². The second-order valence-corrected chi connectivity index (χ2v) is 4.61. The third-order valence-electron chi connectivity index (χ3n) is 3.13. The lowest BCUT2D eigenvalue weighted by Crippen LogP contribution is -2.29. The van der Waals surface area contributed by atoms with Crippen LogP contribution in [0, 0.1) is 12.7 Å². The molecule has 7 heteroatoms. The van der Waals surface area contributed by atoms with E-state index in [0.717, 1.165) is 18.3 Å². The first-order valence-corrected chi connectivity index (χ1v) is 6.07. The maximum atomic E-state index is 13.2. The van der Waals surface area contributed by atoms with Crippen LogP contribution in [0.3, 0.4) is 0 Å². The van der Waals surface area contributed by atoms with Crippen LogP contribution in [-0.2, 0) is 6.18 Å². The monoisotopic (exact) mass is 299 g/mol. The van der Waals surface area contributed by atoms with Crippen molar-refractivity contribution in [2.75, 3.05) is 0 Å². The first-order valence-electron chi connectivity index (χ1n) is 6.07. The summed E-state index contributed by atoms with van der Waals surface area (Å²) < 4.78 is 51.2. The van der Waals surface area contributed by atoms with Gasteiger partial charge in [-0.15, -0.1) is 0 Å². The van der Waals surface area contributed by atoms with Crippen molar-refractivity contribution in [3.8, 4) is 0 Å². The highest BCUT2D eigenvalue weighted by Gasteiger charge is 2.31. The number of nitrogens with zero attached hydrogens (tertiary/aromatic N) is 1. The number of halogens is 4.